The lowest BCUT2D eigenvalue weighted by molar-refractivity contribution is -0.00724. The quantitative estimate of drug-likeness (QED) is 0.832. The van der Waals surface area contributed by atoms with Gasteiger partial charge in [-0.2, -0.15) is 10.4 Å². The van der Waals surface area contributed by atoms with Crippen LogP contribution in [-0.2, 0) is 22.4 Å². The second-order valence-electron chi connectivity index (χ2n) is 6.26. The van der Waals surface area contributed by atoms with Gasteiger partial charge in [-0.1, -0.05) is 0 Å². The Bertz CT molecular complexity index is 642. The molecule has 7 heteroatoms. The molecule has 2 aliphatic heterocycles. The van der Waals surface area contributed by atoms with Gasteiger partial charge in [-0.3, -0.25) is 9.48 Å². The molecule has 2 atom stereocenters. The maximum absolute atomic E-state index is 12.9. The van der Waals surface area contributed by atoms with E-state index in [1.54, 1.807) is 16.7 Å². The molecular formula is C16H22N4O3. The second kappa shape index (κ2) is 6.30. The van der Waals surface area contributed by atoms with E-state index in [2.05, 4.69) is 11.2 Å². The third kappa shape index (κ3) is 2.84. The van der Waals surface area contributed by atoms with Crippen LogP contribution in [-0.4, -0.2) is 53.5 Å². The van der Waals surface area contributed by atoms with E-state index in [1.807, 2.05) is 13.8 Å². The summed E-state index contributed by atoms with van der Waals surface area (Å²) in [6, 6.07) is 2.20. The van der Waals surface area contributed by atoms with Crippen LogP contribution in [0.4, 0.5) is 0 Å². The maximum atomic E-state index is 12.9. The molecule has 0 aliphatic carbocycles. The van der Waals surface area contributed by atoms with Crippen LogP contribution in [0, 0.1) is 17.2 Å². The number of amides is 1. The Morgan fingerprint density at radius 1 is 1.48 bits per heavy atom. The van der Waals surface area contributed by atoms with E-state index in [-0.39, 0.29) is 24.0 Å². The molecule has 3 heterocycles. The number of likely N-dealkylation sites (tertiary alicyclic amines) is 1. The smallest absolute Gasteiger partial charge is 0.272 e. The topological polar surface area (TPSA) is 80.4 Å². The fourth-order valence-electron chi connectivity index (χ4n) is 3.25. The van der Waals surface area contributed by atoms with Crippen LogP contribution in [0.3, 0.4) is 0 Å². The summed E-state index contributed by atoms with van der Waals surface area (Å²) < 4.78 is 12.7. The highest BCUT2D eigenvalue weighted by atomic mass is 16.5. The fourth-order valence-corrected chi connectivity index (χ4v) is 3.25. The zero-order chi connectivity index (χ0) is 16.6. The van der Waals surface area contributed by atoms with E-state index >= 15 is 0 Å². The van der Waals surface area contributed by atoms with Gasteiger partial charge in [-0.15, -0.1) is 0 Å². The first kappa shape index (κ1) is 16.0. The molecule has 0 aromatic carbocycles. The number of nitriles is 1. The zero-order valence-electron chi connectivity index (χ0n) is 13.8. The number of methoxy groups -OCH3 is 1. The van der Waals surface area contributed by atoms with Crippen molar-refractivity contribution in [3.8, 4) is 6.07 Å². The summed E-state index contributed by atoms with van der Waals surface area (Å²) >= 11 is 0. The first-order valence-corrected chi connectivity index (χ1v) is 7.98. The van der Waals surface area contributed by atoms with E-state index in [1.165, 1.54) is 0 Å². The Labute approximate surface area is 135 Å². The lowest BCUT2D eigenvalue weighted by atomic mass is 9.97. The highest BCUT2D eigenvalue weighted by Gasteiger charge is 2.37. The standard InChI is InChI=1S/C16H22N4O3/c1-10-6-13-14(11(2)23-10)18-20(4-5-22-3)15(13)16(21)19-8-12(7-17)9-19/h10-12H,4-6,8-9H2,1-3H3/t10-,11+/m0/s1. The van der Waals surface area contributed by atoms with Gasteiger partial charge in [-0.25, -0.2) is 0 Å². The molecular weight excluding hydrogens is 296 g/mol. The lowest BCUT2D eigenvalue weighted by Gasteiger charge is -2.35. The Balaban J connectivity index is 1.93. The number of hydrogen-bond acceptors (Lipinski definition) is 5. The monoisotopic (exact) mass is 318 g/mol. The van der Waals surface area contributed by atoms with Crippen molar-refractivity contribution < 1.29 is 14.3 Å². The number of carbonyl (C=O) groups is 1. The molecule has 0 N–H and O–H groups in total. The molecule has 1 aromatic rings. The van der Waals surface area contributed by atoms with Gasteiger partial charge in [0.1, 0.15) is 5.69 Å². The highest BCUT2D eigenvalue weighted by molar-refractivity contribution is 5.95. The van der Waals surface area contributed by atoms with Crippen LogP contribution in [0.1, 0.15) is 41.7 Å². The van der Waals surface area contributed by atoms with Gasteiger partial charge in [-0.05, 0) is 13.8 Å². The van der Waals surface area contributed by atoms with Crippen LogP contribution in [0.5, 0.6) is 0 Å². The molecule has 1 aromatic heterocycles. The second-order valence-corrected chi connectivity index (χ2v) is 6.26. The van der Waals surface area contributed by atoms with Gasteiger partial charge in [0.05, 0.1) is 43.0 Å². The number of nitrogens with zero attached hydrogens (tertiary/aromatic N) is 4. The Kier molecular flexibility index (Phi) is 4.37. The molecule has 1 amide bonds. The average Bonchev–Trinajstić information content (AvgIpc) is 2.82. The lowest BCUT2D eigenvalue weighted by Crippen LogP contribution is -2.50. The molecule has 0 unspecified atom stereocenters. The zero-order valence-corrected chi connectivity index (χ0v) is 13.8. The van der Waals surface area contributed by atoms with Gasteiger partial charge in [0, 0.05) is 32.2 Å². The summed E-state index contributed by atoms with van der Waals surface area (Å²) in [5.41, 5.74) is 2.47. The Morgan fingerprint density at radius 2 is 2.22 bits per heavy atom. The number of carbonyl (C=O) groups excluding carboxylic acids is 1. The average molecular weight is 318 g/mol. The normalized spacial score (nSPS) is 24.0. The van der Waals surface area contributed by atoms with Gasteiger partial charge < -0.3 is 14.4 Å². The minimum absolute atomic E-state index is 0.0392. The molecule has 0 radical (unpaired) electrons. The fraction of sp³-hybridized carbons (Fsp3) is 0.688. The summed E-state index contributed by atoms with van der Waals surface area (Å²) in [7, 11) is 1.63. The summed E-state index contributed by atoms with van der Waals surface area (Å²) in [5.74, 6) is -0.0889. The number of fused-ring (bicyclic) bond motifs is 1. The molecule has 124 valence electrons. The molecule has 2 aliphatic rings. The van der Waals surface area contributed by atoms with Crippen LogP contribution in [0.25, 0.3) is 0 Å². The Hall–Kier alpha value is -1.91. The van der Waals surface area contributed by atoms with Crippen molar-refractivity contribution in [2.75, 3.05) is 26.8 Å². The number of aromatic nitrogens is 2. The van der Waals surface area contributed by atoms with Crippen molar-refractivity contribution in [3.05, 3.63) is 17.0 Å². The van der Waals surface area contributed by atoms with Crippen LogP contribution >= 0.6 is 0 Å². The van der Waals surface area contributed by atoms with Crippen LogP contribution < -0.4 is 0 Å². The molecule has 3 rings (SSSR count). The first-order chi connectivity index (χ1) is 11.0. The van der Waals surface area contributed by atoms with Crippen molar-refractivity contribution >= 4 is 5.91 Å². The highest BCUT2D eigenvalue weighted by Crippen LogP contribution is 2.32. The van der Waals surface area contributed by atoms with Gasteiger partial charge in [0.2, 0.25) is 0 Å². The van der Waals surface area contributed by atoms with E-state index < -0.39 is 0 Å². The maximum Gasteiger partial charge on any atom is 0.272 e. The summed E-state index contributed by atoms with van der Waals surface area (Å²) in [6.07, 6.45) is 0.628. The molecule has 1 saturated heterocycles. The number of rotatable bonds is 4. The third-order valence-electron chi connectivity index (χ3n) is 4.46. The van der Waals surface area contributed by atoms with Crippen molar-refractivity contribution in [1.29, 1.82) is 5.26 Å². The molecule has 7 nitrogen and oxygen atoms in total. The minimum Gasteiger partial charge on any atom is -0.383 e. The predicted molar refractivity (Wildman–Crippen MR) is 81.8 cm³/mol. The van der Waals surface area contributed by atoms with Crippen molar-refractivity contribution in [3.63, 3.8) is 0 Å². The molecule has 0 bridgehead atoms. The first-order valence-electron chi connectivity index (χ1n) is 7.98. The van der Waals surface area contributed by atoms with Gasteiger partial charge >= 0.3 is 0 Å². The van der Waals surface area contributed by atoms with E-state index in [0.29, 0.717) is 38.4 Å². The van der Waals surface area contributed by atoms with Crippen molar-refractivity contribution in [2.45, 2.75) is 39.0 Å². The van der Waals surface area contributed by atoms with E-state index in [9.17, 15) is 4.79 Å². The largest absolute Gasteiger partial charge is 0.383 e. The third-order valence-corrected chi connectivity index (χ3v) is 4.46. The number of ether oxygens (including phenoxy) is 2. The van der Waals surface area contributed by atoms with Gasteiger partial charge in [0.15, 0.2) is 0 Å². The van der Waals surface area contributed by atoms with Crippen LogP contribution in [0.15, 0.2) is 0 Å². The van der Waals surface area contributed by atoms with Crippen molar-refractivity contribution in [2.24, 2.45) is 5.92 Å². The molecule has 1 fully saturated rings. The van der Waals surface area contributed by atoms with Gasteiger partial charge in [0.25, 0.3) is 5.91 Å². The summed E-state index contributed by atoms with van der Waals surface area (Å²) in [6.45, 7) is 6.00. The minimum atomic E-state index is -0.118. The molecule has 0 saturated carbocycles. The van der Waals surface area contributed by atoms with E-state index in [0.717, 1.165) is 11.3 Å². The Morgan fingerprint density at radius 3 is 2.87 bits per heavy atom. The van der Waals surface area contributed by atoms with Crippen LogP contribution in [0.2, 0.25) is 0 Å². The van der Waals surface area contributed by atoms with Crippen molar-refractivity contribution in [1.82, 2.24) is 14.7 Å². The molecule has 23 heavy (non-hydrogen) atoms. The SMILES string of the molecule is COCCn1nc2c(c1C(=O)N1CC(C#N)C1)C[C@H](C)O[C@@H]2C. The predicted octanol–water partition coefficient (Wildman–Crippen LogP) is 1.15. The summed E-state index contributed by atoms with van der Waals surface area (Å²) in [5, 5.41) is 13.5. The van der Waals surface area contributed by atoms with E-state index in [4.69, 9.17) is 14.7 Å². The molecule has 0 spiro atoms. The summed E-state index contributed by atoms with van der Waals surface area (Å²) in [4.78, 5) is 14.6. The number of hydrogen-bond donors (Lipinski definition) is 0.